The Morgan fingerprint density at radius 3 is 2.21 bits per heavy atom. The molecule has 0 saturated carbocycles. The Morgan fingerprint density at radius 1 is 0.957 bits per heavy atom. The molecular weight excluding hydrogens is 655 g/mol. The maximum atomic E-state index is 14.7. The third-order valence-electron chi connectivity index (χ3n) is 7.20. The minimum Gasteiger partial charge on any atom is -0.444 e. The molecule has 1 unspecified atom stereocenters. The summed E-state index contributed by atoms with van der Waals surface area (Å²) in [6.45, 7) is 5.23. The van der Waals surface area contributed by atoms with Crippen molar-refractivity contribution in [1.82, 2.24) is 4.90 Å². The molecule has 0 aromatic heterocycles. The van der Waals surface area contributed by atoms with Gasteiger partial charge in [-0.15, -0.1) is 0 Å². The second-order valence-electron chi connectivity index (χ2n) is 12.0. The minimum absolute atomic E-state index is 0.0355. The van der Waals surface area contributed by atoms with Gasteiger partial charge in [-0.1, -0.05) is 30.3 Å². The van der Waals surface area contributed by atoms with Crippen molar-refractivity contribution in [1.29, 1.82) is 0 Å². The van der Waals surface area contributed by atoms with E-state index in [2.05, 4.69) is 5.10 Å². The summed E-state index contributed by atoms with van der Waals surface area (Å²) in [6.07, 6.45) is -7.38. The van der Waals surface area contributed by atoms with Gasteiger partial charge in [0.05, 0.1) is 22.4 Å². The third kappa shape index (κ3) is 8.24. The Bertz CT molecular complexity index is 1770. The van der Waals surface area contributed by atoms with Gasteiger partial charge in [0.15, 0.2) is 15.7 Å². The summed E-state index contributed by atoms with van der Waals surface area (Å²) in [6, 6.07) is 12.6. The summed E-state index contributed by atoms with van der Waals surface area (Å²) < 4.78 is 129. The Balaban J connectivity index is 1.60. The fraction of sp³-hybridized carbons (Fsp3) is 0.375. The van der Waals surface area contributed by atoms with Gasteiger partial charge in [-0.05, 0) is 74.2 Å². The van der Waals surface area contributed by atoms with Gasteiger partial charge in [0.25, 0.3) is 0 Å². The lowest BCUT2D eigenvalue weighted by atomic mass is 9.95. The molecule has 47 heavy (non-hydrogen) atoms. The minimum atomic E-state index is -5.97. The zero-order chi connectivity index (χ0) is 34.9. The van der Waals surface area contributed by atoms with E-state index in [9.17, 15) is 43.9 Å². The highest BCUT2D eigenvalue weighted by Gasteiger charge is 2.63. The molecule has 1 amide bonds. The molecule has 254 valence electrons. The van der Waals surface area contributed by atoms with Gasteiger partial charge < -0.3 is 9.64 Å². The average Bonchev–Trinajstić information content (AvgIpc) is 3.42. The van der Waals surface area contributed by atoms with Crippen molar-refractivity contribution in [2.45, 2.75) is 62.3 Å². The molecule has 0 aliphatic carbocycles. The quantitative estimate of drug-likeness (QED) is 0.212. The lowest BCUT2D eigenvalue weighted by Crippen LogP contribution is -2.43. The fourth-order valence-electron chi connectivity index (χ4n) is 4.85. The van der Waals surface area contributed by atoms with E-state index in [-0.39, 0.29) is 29.2 Å². The van der Waals surface area contributed by atoms with Crippen molar-refractivity contribution in [2.24, 2.45) is 5.10 Å². The van der Waals surface area contributed by atoms with Crippen molar-refractivity contribution in [3.63, 3.8) is 0 Å². The molecule has 0 N–H and O–H groups in total. The summed E-state index contributed by atoms with van der Waals surface area (Å²) in [7, 11) is -2.34. The van der Waals surface area contributed by atoms with E-state index in [0.29, 0.717) is 22.2 Å². The molecule has 4 rings (SSSR count). The fourth-order valence-corrected chi connectivity index (χ4v) is 6.19. The van der Waals surface area contributed by atoms with Gasteiger partial charge in [-0.3, -0.25) is 5.01 Å². The molecule has 3 aromatic rings. The van der Waals surface area contributed by atoms with Crippen LogP contribution in [-0.2, 0) is 14.6 Å². The second-order valence-corrected chi connectivity index (χ2v) is 14.1. The molecule has 0 bridgehead atoms. The number of alkyl halides is 5. The lowest BCUT2D eigenvalue weighted by molar-refractivity contribution is -0.249. The molecule has 1 atom stereocenters. The molecule has 0 spiro atoms. The number of anilines is 1. The van der Waals surface area contributed by atoms with E-state index < -0.39 is 69.1 Å². The number of carbonyl (C=O) groups excluding carboxylic acids is 1. The predicted molar refractivity (Wildman–Crippen MR) is 162 cm³/mol. The topological polar surface area (TPSA) is 79.3 Å². The van der Waals surface area contributed by atoms with Crippen LogP contribution in [0.5, 0.6) is 0 Å². The number of hydrogen-bond acceptors (Lipinski definition) is 6. The number of hydrogen-bond donors (Lipinski definition) is 0. The number of halogens is 7. The van der Waals surface area contributed by atoms with Crippen molar-refractivity contribution in [2.75, 3.05) is 24.4 Å². The Labute approximate surface area is 267 Å². The van der Waals surface area contributed by atoms with Crippen molar-refractivity contribution in [3.05, 3.63) is 83.9 Å². The Hall–Kier alpha value is -4.14. The number of amides is 1. The van der Waals surface area contributed by atoms with Gasteiger partial charge in [0.1, 0.15) is 17.1 Å². The van der Waals surface area contributed by atoms with E-state index in [4.69, 9.17) is 4.74 Å². The van der Waals surface area contributed by atoms with Gasteiger partial charge in [0, 0.05) is 26.1 Å². The monoisotopic (exact) mass is 687 g/mol. The number of benzene rings is 3. The number of hydrazone groups is 1. The predicted octanol–water partition coefficient (Wildman–Crippen LogP) is 8.17. The highest BCUT2D eigenvalue weighted by molar-refractivity contribution is 7.91. The van der Waals surface area contributed by atoms with Crippen LogP contribution in [0.4, 0.5) is 41.2 Å². The van der Waals surface area contributed by atoms with E-state index in [1.54, 1.807) is 32.9 Å². The molecule has 7 nitrogen and oxygen atoms in total. The first-order valence-corrected chi connectivity index (χ1v) is 16.0. The normalized spacial score (nSPS) is 15.9. The second kappa shape index (κ2) is 13.2. The summed E-state index contributed by atoms with van der Waals surface area (Å²) in [5, 5.41) is 4.13. The highest BCUT2D eigenvalue weighted by Crippen LogP contribution is 2.45. The molecule has 3 aromatic carbocycles. The molecule has 0 fully saturated rings. The number of nitrogens with zero attached hydrogens (tertiary/aromatic N) is 3. The average molecular weight is 688 g/mol. The van der Waals surface area contributed by atoms with Crippen LogP contribution in [0.1, 0.15) is 45.2 Å². The first-order chi connectivity index (χ1) is 21.7. The van der Waals surface area contributed by atoms with Crippen LogP contribution in [0.2, 0.25) is 0 Å². The van der Waals surface area contributed by atoms with Crippen LogP contribution in [0.15, 0.2) is 76.7 Å². The van der Waals surface area contributed by atoms with Gasteiger partial charge >= 0.3 is 18.2 Å². The third-order valence-corrected chi connectivity index (χ3v) is 8.99. The van der Waals surface area contributed by atoms with Gasteiger partial charge in [-0.2, -0.15) is 27.1 Å². The zero-order valence-electron chi connectivity index (χ0n) is 25.8. The van der Waals surface area contributed by atoms with Crippen LogP contribution < -0.4 is 5.01 Å². The van der Waals surface area contributed by atoms with Crippen LogP contribution in [0.3, 0.4) is 0 Å². The van der Waals surface area contributed by atoms with E-state index in [1.165, 1.54) is 48.3 Å². The Kier molecular flexibility index (Phi) is 10.0. The van der Waals surface area contributed by atoms with Gasteiger partial charge in [0.2, 0.25) is 0 Å². The summed E-state index contributed by atoms with van der Waals surface area (Å²) in [4.78, 5) is 13.4. The number of ether oxygens (including phenoxy) is 1. The maximum absolute atomic E-state index is 14.7. The van der Waals surface area contributed by atoms with Crippen LogP contribution >= 0.6 is 0 Å². The van der Waals surface area contributed by atoms with E-state index in [0.717, 1.165) is 12.1 Å². The Morgan fingerprint density at radius 2 is 1.60 bits per heavy atom. The number of carbonyl (C=O) groups is 1. The summed E-state index contributed by atoms with van der Waals surface area (Å²) in [5.74, 6) is -7.82. The zero-order valence-corrected chi connectivity index (χ0v) is 26.6. The lowest BCUT2D eigenvalue weighted by Gasteiger charge is -2.25. The number of sulfone groups is 1. The SMILES string of the molecule is CN(CCCS(=O)(=O)c1cccc(-c2cccc(C3CC(C(F)(F)C(F)(F)F)=NN3c3ccc(F)cc3F)c2)c1)C(=O)OC(C)(C)C. The van der Waals surface area contributed by atoms with Crippen molar-refractivity contribution >= 4 is 27.3 Å². The standard InChI is InChI=1S/C32H32F7N3O4S/c1-30(2,3)46-29(43)41(4)14-7-15-47(44,45)24-11-6-9-21(17-24)20-8-5-10-22(16-20)27-19-28(31(35,36)32(37,38)39)40-42(27)26-13-12-23(33)18-25(26)34/h5-6,8-13,16-18,27H,7,14-15,19H2,1-4H3. The van der Waals surface area contributed by atoms with Crippen molar-refractivity contribution in [3.8, 4) is 11.1 Å². The molecule has 1 aliphatic rings. The summed E-state index contributed by atoms with van der Waals surface area (Å²) >= 11 is 0. The smallest absolute Gasteiger partial charge is 0.444 e. The largest absolute Gasteiger partial charge is 0.459 e. The molecule has 0 radical (unpaired) electrons. The number of rotatable bonds is 9. The van der Waals surface area contributed by atoms with Crippen LogP contribution in [-0.4, -0.2) is 62.2 Å². The first-order valence-electron chi connectivity index (χ1n) is 14.3. The molecular formula is C32H32F7N3O4S. The first kappa shape index (κ1) is 35.7. The van der Waals surface area contributed by atoms with Crippen molar-refractivity contribution < 1.29 is 48.7 Å². The molecule has 15 heteroatoms. The highest BCUT2D eigenvalue weighted by atomic mass is 32.2. The summed E-state index contributed by atoms with van der Waals surface area (Å²) in [5.41, 5.74) is -1.83. The maximum Gasteiger partial charge on any atom is 0.459 e. The van der Waals surface area contributed by atoms with Crippen LogP contribution in [0, 0.1) is 11.6 Å². The van der Waals surface area contributed by atoms with Gasteiger partial charge in [-0.25, -0.2) is 22.0 Å². The molecule has 1 aliphatic heterocycles. The molecule has 0 saturated heterocycles. The van der Waals surface area contributed by atoms with E-state index in [1.807, 2.05) is 0 Å². The van der Waals surface area contributed by atoms with Crippen LogP contribution in [0.25, 0.3) is 11.1 Å². The van der Waals surface area contributed by atoms with E-state index >= 15 is 0 Å². The molecule has 1 heterocycles.